The van der Waals surface area contributed by atoms with Gasteiger partial charge in [0.1, 0.15) is 5.75 Å². The Labute approximate surface area is 146 Å². The smallest absolute Gasteiger partial charge is 0.244 e. The van der Waals surface area contributed by atoms with Crippen molar-refractivity contribution in [2.75, 3.05) is 18.6 Å². The number of aryl methyl sites for hydroxylation is 1. The second-order valence-corrected chi connectivity index (χ2v) is 6.41. The molecule has 0 spiro atoms. The summed E-state index contributed by atoms with van der Waals surface area (Å²) in [5.41, 5.74) is 1.78. The second-order valence-electron chi connectivity index (χ2n) is 5.98. The minimum absolute atomic E-state index is 0.0542. The van der Waals surface area contributed by atoms with E-state index in [0.29, 0.717) is 11.6 Å². The first-order valence-electron chi connectivity index (χ1n) is 7.89. The van der Waals surface area contributed by atoms with Gasteiger partial charge < -0.3 is 9.64 Å². The molecule has 0 aliphatic carbocycles. The minimum Gasteiger partial charge on any atom is -0.496 e. The van der Waals surface area contributed by atoms with E-state index in [1.807, 2.05) is 32.3 Å². The van der Waals surface area contributed by atoms with Crippen molar-refractivity contribution in [3.63, 3.8) is 0 Å². The van der Waals surface area contributed by atoms with Crippen molar-refractivity contribution >= 4 is 23.2 Å². The Morgan fingerprint density at radius 3 is 2.92 bits per heavy atom. The van der Waals surface area contributed by atoms with E-state index in [1.54, 1.807) is 29.0 Å². The summed E-state index contributed by atoms with van der Waals surface area (Å²) in [6.45, 7) is 2.69. The number of rotatable bonds is 5. The molecule has 1 aliphatic rings. The maximum absolute atomic E-state index is 12.7. The molecule has 2 heterocycles. The molecular weight excluding hydrogens is 328 g/mol. The summed E-state index contributed by atoms with van der Waals surface area (Å²) in [6.07, 6.45) is 4.31. The molecule has 3 rings (SSSR count). The van der Waals surface area contributed by atoms with E-state index >= 15 is 0 Å². The van der Waals surface area contributed by atoms with E-state index in [1.165, 1.54) is 0 Å². The number of benzene rings is 1. The van der Waals surface area contributed by atoms with Crippen molar-refractivity contribution in [3.05, 3.63) is 41.2 Å². The Balaban J connectivity index is 1.72. The van der Waals surface area contributed by atoms with E-state index in [9.17, 15) is 4.79 Å². The summed E-state index contributed by atoms with van der Waals surface area (Å²) < 4.78 is 7.10. The first-order chi connectivity index (χ1) is 11.5. The number of hydrogen-bond donors (Lipinski definition) is 1. The number of ether oxygens (including phenoxy) is 1. The quantitative estimate of drug-likeness (QED) is 0.902. The predicted octanol–water partition coefficient (Wildman–Crippen LogP) is 2.54. The van der Waals surface area contributed by atoms with Crippen LogP contribution in [0.25, 0.3) is 0 Å². The Morgan fingerprint density at radius 1 is 1.46 bits per heavy atom. The predicted molar refractivity (Wildman–Crippen MR) is 93.5 cm³/mol. The van der Waals surface area contributed by atoms with Crippen LogP contribution in [0.2, 0.25) is 5.02 Å². The van der Waals surface area contributed by atoms with Crippen molar-refractivity contribution in [3.8, 4) is 5.75 Å². The molecule has 2 aromatic rings. The van der Waals surface area contributed by atoms with Gasteiger partial charge in [-0.15, -0.1) is 0 Å². The van der Waals surface area contributed by atoms with Crippen LogP contribution in [0.15, 0.2) is 30.6 Å². The lowest BCUT2D eigenvalue weighted by Gasteiger charge is -2.21. The summed E-state index contributed by atoms with van der Waals surface area (Å²) in [5.74, 6) is 0.824. The highest BCUT2D eigenvalue weighted by molar-refractivity contribution is 6.30. The maximum Gasteiger partial charge on any atom is 0.244 e. The second kappa shape index (κ2) is 6.83. The summed E-state index contributed by atoms with van der Waals surface area (Å²) in [7, 11) is 3.47. The number of nitrogens with one attached hydrogen (secondary N) is 1. The largest absolute Gasteiger partial charge is 0.496 e. The van der Waals surface area contributed by atoms with Crippen LogP contribution in [0, 0.1) is 0 Å². The molecule has 2 unspecified atom stereocenters. The monoisotopic (exact) mass is 348 g/mol. The zero-order valence-corrected chi connectivity index (χ0v) is 14.7. The Hall–Kier alpha value is -2.05. The third-order valence-corrected chi connectivity index (χ3v) is 4.55. The van der Waals surface area contributed by atoms with Crippen LogP contribution in [0.4, 0.5) is 5.69 Å². The molecule has 0 radical (unpaired) electrons. The van der Waals surface area contributed by atoms with E-state index < -0.39 is 0 Å². The SMILES string of the molecule is COc1ccc(Cl)cc1C(C)NC1CCN(c2cnn(C)c2)C1=O. The van der Waals surface area contributed by atoms with Gasteiger partial charge in [0.25, 0.3) is 0 Å². The lowest BCUT2D eigenvalue weighted by Crippen LogP contribution is -2.39. The average Bonchev–Trinajstić information content (AvgIpc) is 3.14. The molecule has 6 nitrogen and oxygen atoms in total. The van der Waals surface area contributed by atoms with Gasteiger partial charge in [0, 0.05) is 36.4 Å². The fraction of sp³-hybridized carbons (Fsp3) is 0.412. The Morgan fingerprint density at radius 2 is 2.25 bits per heavy atom. The van der Waals surface area contributed by atoms with E-state index in [0.717, 1.165) is 23.4 Å². The number of methoxy groups -OCH3 is 1. The third kappa shape index (κ3) is 3.25. The van der Waals surface area contributed by atoms with Gasteiger partial charge in [0.05, 0.1) is 25.0 Å². The number of nitrogens with zero attached hydrogens (tertiary/aromatic N) is 3. The van der Waals surface area contributed by atoms with Crippen molar-refractivity contribution in [2.24, 2.45) is 7.05 Å². The number of aromatic nitrogens is 2. The van der Waals surface area contributed by atoms with E-state index in [4.69, 9.17) is 16.3 Å². The van der Waals surface area contributed by atoms with Crippen molar-refractivity contribution in [1.29, 1.82) is 0 Å². The molecule has 1 aromatic carbocycles. The summed E-state index contributed by atoms with van der Waals surface area (Å²) in [5, 5.41) is 8.18. The molecule has 0 bridgehead atoms. The van der Waals surface area contributed by atoms with Gasteiger partial charge in [-0.25, -0.2) is 0 Å². The number of carbonyl (C=O) groups is 1. The fourth-order valence-corrected chi connectivity index (χ4v) is 3.25. The molecule has 1 aromatic heterocycles. The van der Waals surface area contributed by atoms with Gasteiger partial charge >= 0.3 is 0 Å². The van der Waals surface area contributed by atoms with E-state index in [2.05, 4.69) is 10.4 Å². The molecule has 0 saturated carbocycles. The Bertz CT molecular complexity index is 746. The number of halogens is 1. The number of anilines is 1. The molecule has 7 heteroatoms. The molecule has 2 atom stereocenters. The van der Waals surface area contributed by atoms with Crippen LogP contribution in [0.5, 0.6) is 5.75 Å². The highest BCUT2D eigenvalue weighted by Gasteiger charge is 2.34. The molecule has 1 N–H and O–H groups in total. The van der Waals surface area contributed by atoms with Crippen LogP contribution in [-0.4, -0.2) is 35.4 Å². The van der Waals surface area contributed by atoms with Gasteiger partial charge in [0.2, 0.25) is 5.91 Å². The van der Waals surface area contributed by atoms with Crippen LogP contribution < -0.4 is 15.0 Å². The van der Waals surface area contributed by atoms with Gasteiger partial charge in [-0.2, -0.15) is 5.10 Å². The Kier molecular flexibility index (Phi) is 4.78. The summed E-state index contributed by atoms with van der Waals surface area (Å²) >= 11 is 6.10. The van der Waals surface area contributed by atoms with Crippen molar-refractivity contribution in [2.45, 2.75) is 25.4 Å². The topological polar surface area (TPSA) is 59.4 Å². The molecule has 1 saturated heterocycles. The van der Waals surface area contributed by atoms with Crippen LogP contribution in [0.3, 0.4) is 0 Å². The molecule has 1 fully saturated rings. The van der Waals surface area contributed by atoms with Crippen LogP contribution in [0.1, 0.15) is 24.9 Å². The van der Waals surface area contributed by atoms with Crippen molar-refractivity contribution in [1.82, 2.24) is 15.1 Å². The standard InChI is InChI=1S/C17H21ClN4O2/c1-11(14-8-12(18)4-5-16(14)24-3)20-15-6-7-22(17(15)23)13-9-19-21(2)10-13/h4-5,8-11,15,20H,6-7H2,1-3H3. The maximum atomic E-state index is 12.7. The molecular formula is C17H21ClN4O2. The third-order valence-electron chi connectivity index (χ3n) is 4.32. The lowest BCUT2D eigenvalue weighted by molar-refractivity contribution is -0.119. The number of amides is 1. The number of hydrogen-bond acceptors (Lipinski definition) is 4. The van der Waals surface area contributed by atoms with Crippen molar-refractivity contribution < 1.29 is 9.53 Å². The lowest BCUT2D eigenvalue weighted by atomic mass is 10.1. The normalized spacial score (nSPS) is 18.9. The molecule has 1 aliphatic heterocycles. The van der Waals surface area contributed by atoms with Crippen LogP contribution >= 0.6 is 11.6 Å². The first-order valence-corrected chi connectivity index (χ1v) is 8.27. The van der Waals surface area contributed by atoms with Gasteiger partial charge in [-0.05, 0) is 31.5 Å². The average molecular weight is 349 g/mol. The molecule has 1 amide bonds. The zero-order chi connectivity index (χ0) is 17.3. The van der Waals surface area contributed by atoms with Gasteiger partial charge in [-0.3, -0.25) is 14.8 Å². The van der Waals surface area contributed by atoms with Crippen LogP contribution in [-0.2, 0) is 11.8 Å². The zero-order valence-electron chi connectivity index (χ0n) is 14.0. The molecule has 128 valence electrons. The highest BCUT2D eigenvalue weighted by atomic mass is 35.5. The molecule has 24 heavy (non-hydrogen) atoms. The number of carbonyl (C=O) groups excluding carboxylic acids is 1. The van der Waals surface area contributed by atoms with Gasteiger partial charge in [-0.1, -0.05) is 11.6 Å². The summed E-state index contributed by atoms with van der Waals surface area (Å²) in [4.78, 5) is 14.4. The van der Waals surface area contributed by atoms with E-state index in [-0.39, 0.29) is 18.0 Å². The first kappa shape index (κ1) is 16.8. The highest BCUT2D eigenvalue weighted by Crippen LogP contribution is 2.30. The minimum atomic E-state index is -0.233. The summed E-state index contributed by atoms with van der Waals surface area (Å²) in [6, 6.07) is 5.22. The fourth-order valence-electron chi connectivity index (χ4n) is 3.07. The van der Waals surface area contributed by atoms with Gasteiger partial charge in [0.15, 0.2) is 0 Å².